The number of rotatable bonds is 8. The van der Waals surface area contributed by atoms with E-state index in [1.165, 1.54) is 24.3 Å². The van der Waals surface area contributed by atoms with Gasteiger partial charge in [-0.1, -0.05) is 6.07 Å². The van der Waals surface area contributed by atoms with Gasteiger partial charge in [0.1, 0.15) is 10.6 Å². The number of nitrogens with zero attached hydrogens (tertiary/aromatic N) is 4. The van der Waals surface area contributed by atoms with Gasteiger partial charge in [-0.15, -0.1) is 0 Å². The van der Waals surface area contributed by atoms with Crippen molar-refractivity contribution < 1.29 is 22.8 Å². The molecule has 0 unspecified atom stereocenters. The van der Waals surface area contributed by atoms with Gasteiger partial charge in [0, 0.05) is 11.9 Å². The highest BCUT2D eigenvalue weighted by Gasteiger charge is 2.27. The van der Waals surface area contributed by atoms with Crippen LogP contribution in [0.1, 0.15) is 53.7 Å². The summed E-state index contributed by atoms with van der Waals surface area (Å²) in [5.74, 6) is -1.28. The van der Waals surface area contributed by atoms with Crippen LogP contribution >= 0.6 is 0 Å². The summed E-state index contributed by atoms with van der Waals surface area (Å²) in [5, 5.41) is 8.92. The van der Waals surface area contributed by atoms with Crippen LogP contribution in [-0.2, 0) is 40.5 Å². The van der Waals surface area contributed by atoms with Crippen molar-refractivity contribution >= 4 is 46.0 Å². The second-order valence-corrected chi connectivity index (χ2v) is 10.8. The summed E-state index contributed by atoms with van der Waals surface area (Å²) in [7, 11) is -4.31. The monoisotopic (exact) mass is 539 g/mol. The Bertz CT molecular complexity index is 1460. The number of benzene rings is 1. The molecular weight excluding hydrogens is 510 g/mol. The lowest BCUT2D eigenvalue weighted by Crippen LogP contribution is -2.36. The molecule has 0 atom stereocenters. The maximum Gasteiger partial charge on any atom is 0.333 e. The molecule has 38 heavy (non-hydrogen) atoms. The van der Waals surface area contributed by atoms with Gasteiger partial charge in [0.15, 0.2) is 0 Å². The van der Waals surface area contributed by atoms with E-state index in [0.717, 1.165) is 66.7 Å². The minimum Gasteiger partial charge on any atom is -0.342 e. The Morgan fingerprint density at radius 1 is 1.11 bits per heavy atom. The fraction of sp³-hybridized carbons (Fsp3) is 0.360. The van der Waals surface area contributed by atoms with Crippen LogP contribution in [-0.4, -0.2) is 55.0 Å². The number of hydrogen-bond donors (Lipinski definition) is 3. The SMILES string of the molecule is C=N/C(C)=C\N=C(/C)C(=O)NCC(=O)n1cc(S(=O)(=O)NC(=O)Nc2c3c(cc4c2CCC4)CCC3)cn1. The average Bonchev–Trinajstić information content (AvgIpc) is 3.65. The second-order valence-electron chi connectivity index (χ2n) is 9.13. The number of nitrogens with one attached hydrogen (secondary N) is 3. The van der Waals surface area contributed by atoms with Crippen molar-refractivity contribution in [2.75, 3.05) is 11.9 Å². The normalized spacial score (nSPS) is 15.0. The van der Waals surface area contributed by atoms with E-state index in [1.54, 1.807) is 6.92 Å². The lowest BCUT2D eigenvalue weighted by molar-refractivity contribution is -0.114. The van der Waals surface area contributed by atoms with Crippen LogP contribution in [0.5, 0.6) is 0 Å². The maximum absolute atomic E-state index is 12.8. The van der Waals surface area contributed by atoms with Crippen LogP contribution in [0, 0.1) is 0 Å². The molecule has 1 aromatic carbocycles. The Hall–Kier alpha value is -4.13. The molecule has 13 heteroatoms. The van der Waals surface area contributed by atoms with Crippen molar-refractivity contribution in [3.63, 3.8) is 0 Å². The summed E-state index contributed by atoms with van der Waals surface area (Å²) in [5.41, 5.74) is 5.87. The van der Waals surface area contributed by atoms with Gasteiger partial charge in [-0.25, -0.2) is 22.6 Å². The molecule has 3 N–H and O–H groups in total. The van der Waals surface area contributed by atoms with Gasteiger partial charge in [0.05, 0.1) is 24.6 Å². The number of anilines is 1. The number of hydrogen-bond acceptors (Lipinski definition) is 8. The molecule has 2 aromatic rings. The lowest BCUT2D eigenvalue weighted by Gasteiger charge is -2.16. The molecule has 0 aliphatic heterocycles. The maximum atomic E-state index is 12.8. The number of allylic oxidation sites excluding steroid dienone is 1. The number of aryl methyl sites for hydroxylation is 2. The summed E-state index contributed by atoms with van der Waals surface area (Å²) >= 11 is 0. The van der Waals surface area contributed by atoms with E-state index >= 15 is 0 Å². The first kappa shape index (κ1) is 26.9. The number of fused-ring (bicyclic) bond motifs is 2. The van der Waals surface area contributed by atoms with Crippen molar-refractivity contribution in [2.45, 2.75) is 57.3 Å². The molecule has 4 rings (SSSR count). The van der Waals surface area contributed by atoms with Crippen molar-refractivity contribution in [2.24, 2.45) is 9.98 Å². The van der Waals surface area contributed by atoms with E-state index in [4.69, 9.17) is 0 Å². The molecule has 0 bridgehead atoms. The predicted octanol–water partition coefficient (Wildman–Crippen LogP) is 2.15. The molecule has 0 saturated carbocycles. The fourth-order valence-electron chi connectivity index (χ4n) is 4.52. The van der Waals surface area contributed by atoms with Crippen molar-refractivity contribution in [3.05, 3.63) is 52.6 Å². The minimum absolute atomic E-state index is 0.0921. The number of urea groups is 1. The van der Waals surface area contributed by atoms with Crippen LogP contribution < -0.4 is 15.4 Å². The Labute approximate surface area is 220 Å². The molecular formula is C25H29N7O5S. The zero-order valence-electron chi connectivity index (χ0n) is 21.2. The van der Waals surface area contributed by atoms with Crippen LogP contribution in [0.25, 0.3) is 0 Å². The van der Waals surface area contributed by atoms with E-state index < -0.39 is 34.4 Å². The van der Waals surface area contributed by atoms with Crippen LogP contribution in [0.3, 0.4) is 0 Å². The van der Waals surface area contributed by atoms with Gasteiger partial charge in [0.2, 0.25) is 0 Å². The zero-order chi connectivity index (χ0) is 27.4. The molecule has 12 nitrogen and oxygen atoms in total. The molecule has 2 aliphatic rings. The summed E-state index contributed by atoms with van der Waals surface area (Å²) < 4.78 is 28.4. The highest BCUT2D eigenvalue weighted by Crippen LogP contribution is 2.38. The minimum atomic E-state index is -4.31. The number of carbonyl (C=O) groups is 3. The Balaban J connectivity index is 1.39. The summed E-state index contributed by atoms with van der Waals surface area (Å²) in [4.78, 5) is 44.5. The van der Waals surface area contributed by atoms with Crippen LogP contribution in [0.4, 0.5) is 10.5 Å². The van der Waals surface area contributed by atoms with Crippen LogP contribution in [0.2, 0.25) is 0 Å². The van der Waals surface area contributed by atoms with Gasteiger partial charge in [0.25, 0.3) is 21.8 Å². The lowest BCUT2D eigenvalue weighted by atomic mass is 9.99. The van der Waals surface area contributed by atoms with E-state index in [-0.39, 0.29) is 10.6 Å². The average molecular weight is 540 g/mol. The first-order valence-electron chi connectivity index (χ1n) is 12.1. The van der Waals surface area contributed by atoms with Crippen molar-refractivity contribution in [3.8, 4) is 0 Å². The van der Waals surface area contributed by atoms with Gasteiger partial charge < -0.3 is 10.6 Å². The molecule has 0 radical (unpaired) electrons. The largest absolute Gasteiger partial charge is 0.342 e. The van der Waals surface area contributed by atoms with Crippen molar-refractivity contribution in [1.29, 1.82) is 0 Å². The first-order chi connectivity index (χ1) is 18.1. The highest BCUT2D eigenvalue weighted by molar-refractivity contribution is 7.90. The first-order valence-corrected chi connectivity index (χ1v) is 13.6. The second kappa shape index (κ2) is 11.1. The Morgan fingerprint density at radius 3 is 2.39 bits per heavy atom. The molecule has 0 fully saturated rings. The van der Waals surface area contributed by atoms with Crippen LogP contribution in [0.15, 0.2) is 45.2 Å². The Morgan fingerprint density at radius 2 is 1.76 bits per heavy atom. The molecule has 200 valence electrons. The van der Waals surface area contributed by atoms with Gasteiger partial charge in [-0.05, 0) is 81.3 Å². The molecule has 0 spiro atoms. The molecule has 0 saturated heterocycles. The quantitative estimate of drug-likeness (QED) is 0.435. The predicted molar refractivity (Wildman–Crippen MR) is 142 cm³/mol. The smallest absolute Gasteiger partial charge is 0.333 e. The Kier molecular flexibility index (Phi) is 7.86. The number of aromatic nitrogens is 2. The van der Waals surface area contributed by atoms with Gasteiger partial charge in [-0.2, -0.15) is 5.10 Å². The van der Waals surface area contributed by atoms with E-state index in [1.807, 2.05) is 4.72 Å². The highest BCUT2D eigenvalue weighted by atomic mass is 32.2. The third-order valence-electron chi connectivity index (χ3n) is 6.49. The summed E-state index contributed by atoms with van der Waals surface area (Å²) in [6.45, 7) is 6.01. The third-order valence-corrected chi connectivity index (χ3v) is 7.77. The van der Waals surface area contributed by atoms with E-state index in [9.17, 15) is 22.8 Å². The zero-order valence-corrected chi connectivity index (χ0v) is 22.0. The number of aliphatic imine (C=N–C) groups is 2. The van der Waals surface area contributed by atoms with E-state index in [2.05, 4.69) is 38.5 Å². The molecule has 1 aromatic heterocycles. The number of sulfonamides is 1. The fourth-order valence-corrected chi connectivity index (χ4v) is 5.36. The van der Waals surface area contributed by atoms with Gasteiger partial charge in [-0.3, -0.25) is 19.6 Å². The molecule has 1 heterocycles. The summed E-state index contributed by atoms with van der Waals surface area (Å²) in [6.07, 6.45) is 8.85. The van der Waals surface area contributed by atoms with Gasteiger partial charge >= 0.3 is 6.03 Å². The standard InChI is InChI=1S/C25H29N7O5S/c1-15(26-3)11-27-16(2)24(34)28-13-22(33)32-14-19(12-29-32)38(36,37)31-25(35)30-23-20-8-4-6-17(20)10-18-7-5-9-21(18)23/h10-12,14H,3-9,13H2,1-2H3,(H,28,34)(H2,30,31,35)/b15-11-,27-16+. The number of carbonyl (C=O) groups excluding carboxylic acids is 3. The molecule has 2 aliphatic carbocycles. The molecule has 3 amide bonds. The van der Waals surface area contributed by atoms with E-state index in [0.29, 0.717) is 11.4 Å². The van der Waals surface area contributed by atoms with Crippen molar-refractivity contribution in [1.82, 2.24) is 19.8 Å². The third kappa shape index (κ3) is 5.88. The summed E-state index contributed by atoms with van der Waals surface area (Å²) in [6, 6.07) is 1.33. The topological polar surface area (TPSA) is 164 Å². The number of amides is 3.